The standard InChI is InChI=1S/C22H25N3O3/c1-14(16-10-12-19(13-11-16)25-22(28)18-8-9-18)23-20(26)15(2)24-21(27)17-6-4-3-5-7-17/h3-7,10-15,18H,8-9H2,1-2H3,(H,23,26)(H,24,27)(H,25,28). The van der Waals surface area contributed by atoms with Gasteiger partial charge in [-0.3, -0.25) is 14.4 Å². The first-order chi connectivity index (χ1) is 13.4. The molecule has 3 amide bonds. The predicted molar refractivity (Wildman–Crippen MR) is 108 cm³/mol. The molecule has 2 atom stereocenters. The molecule has 3 rings (SSSR count). The van der Waals surface area contributed by atoms with Crippen molar-refractivity contribution in [2.24, 2.45) is 5.92 Å². The molecule has 3 N–H and O–H groups in total. The number of hydrogen-bond acceptors (Lipinski definition) is 3. The minimum absolute atomic E-state index is 0.0667. The van der Waals surface area contributed by atoms with Crippen molar-refractivity contribution in [2.75, 3.05) is 5.32 Å². The summed E-state index contributed by atoms with van der Waals surface area (Å²) >= 11 is 0. The first-order valence-corrected chi connectivity index (χ1v) is 9.51. The molecule has 0 bridgehead atoms. The van der Waals surface area contributed by atoms with Crippen LogP contribution in [-0.4, -0.2) is 23.8 Å². The van der Waals surface area contributed by atoms with Crippen LogP contribution in [0, 0.1) is 5.92 Å². The highest BCUT2D eigenvalue weighted by Crippen LogP contribution is 2.30. The average molecular weight is 379 g/mol. The summed E-state index contributed by atoms with van der Waals surface area (Å²) in [5.41, 5.74) is 2.18. The van der Waals surface area contributed by atoms with Crippen LogP contribution >= 0.6 is 0 Å². The van der Waals surface area contributed by atoms with Crippen molar-refractivity contribution in [2.45, 2.75) is 38.8 Å². The molecule has 0 spiro atoms. The summed E-state index contributed by atoms with van der Waals surface area (Å²) in [5, 5.41) is 8.49. The number of carbonyl (C=O) groups excluding carboxylic acids is 3. The highest BCUT2D eigenvalue weighted by molar-refractivity contribution is 5.97. The predicted octanol–water partition coefficient (Wildman–Crippen LogP) is 3.03. The highest BCUT2D eigenvalue weighted by atomic mass is 16.2. The van der Waals surface area contributed by atoms with Gasteiger partial charge >= 0.3 is 0 Å². The summed E-state index contributed by atoms with van der Waals surface area (Å²) in [6.07, 6.45) is 1.93. The molecule has 0 heterocycles. The molecular formula is C22H25N3O3. The fraction of sp³-hybridized carbons (Fsp3) is 0.318. The Morgan fingerprint density at radius 2 is 1.54 bits per heavy atom. The van der Waals surface area contributed by atoms with Crippen LogP contribution < -0.4 is 16.0 Å². The molecule has 146 valence electrons. The topological polar surface area (TPSA) is 87.3 Å². The maximum absolute atomic E-state index is 12.4. The average Bonchev–Trinajstić information content (AvgIpc) is 3.54. The van der Waals surface area contributed by atoms with E-state index in [4.69, 9.17) is 0 Å². The van der Waals surface area contributed by atoms with E-state index in [2.05, 4.69) is 16.0 Å². The first kappa shape index (κ1) is 19.6. The van der Waals surface area contributed by atoms with Gasteiger partial charge in [0.25, 0.3) is 5.91 Å². The van der Waals surface area contributed by atoms with Crippen molar-refractivity contribution < 1.29 is 14.4 Å². The largest absolute Gasteiger partial charge is 0.348 e. The van der Waals surface area contributed by atoms with Gasteiger partial charge in [-0.2, -0.15) is 0 Å². The number of rotatable bonds is 7. The molecule has 0 saturated heterocycles. The second-order valence-electron chi connectivity index (χ2n) is 7.18. The van der Waals surface area contributed by atoms with E-state index in [0.29, 0.717) is 5.56 Å². The summed E-state index contributed by atoms with van der Waals surface area (Å²) in [7, 11) is 0. The Labute approximate surface area is 164 Å². The van der Waals surface area contributed by atoms with E-state index in [1.54, 1.807) is 31.2 Å². The normalized spacial score (nSPS) is 15.2. The summed E-state index contributed by atoms with van der Waals surface area (Å²) < 4.78 is 0. The van der Waals surface area contributed by atoms with E-state index in [-0.39, 0.29) is 29.7 Å². The van der Waals surface area contributed by atoms with Gasteiger partial charge in [0.15, 0.2) is 0 Å². The first-order valence-electron chi connectivity index (χ1n) is 9.51. The summed E-state index contributed by atoms with van der Waals surface area (Å²) in [6, 6.07) is 15.3. The van der Waals surface area contributed by atoms with Crippen molar-refractivity contribution in [3.63, 3.8) is 0 Å². The van der Waals surface area contributed by atoms with E-state index in [1.165, 1.54) is 0 Å². The van der Waals surface area contributed by atoms with Crippen molar-refractivity contribution in [3.8, 4) is 0 Å². The van der Waals surface area contributed by atoms with E-state index >= 15 is 0 Å². The summed E-state index contributed by atoms with van der Waals surface area (Å²) in [6.45, 7) is 3.53. The molecular weight excluding hydrogens is 354 g/mol. The van der Waals surface area contributed by atoms with Gasteiger partial charge in [-0.15, -0.1) is 0 Å². The van der Waals surface area contributed by atoms with Crippen LogP contribution in [0.1, 0.15) is 48.7 Å². The quantitative estimate of drug-likeness (QED) is 0.691. The zero-order valence-electron chi connectivity index (χ0n) is 16.1. The lowest BCUT2D eigenvalue weighted by Gasteiger charge is -2.19. The number of amides is 3. The van der Waals surface area contributed by atoms with E-state index in [9.17, 15) is 14.4 Å². The van der Waals surface area contributed by atoms with Gasteiger partial charge in [0.05, 0.1) is 6.04 Å². The Morgan fingerprint density at radius 3 is 2.14 bits per heavy atom. The lowest BCUT2D eigenvalue weighted by atomic mass is 10.1. The Hall–Kier alpha value is -3.15. The maximum atomic E-state index is 12.4. The zero-order valence-corrected chi connectivity index (χ0v) is 16.1. The van der Waals surface area contributed by atoms with Gasteiger partial charge in [-0.1, -0.05) is 30.3 Å². The van der Waals surface area contributed by atoms with E-state index in [1.807, 2.05) is 37.3 Å². The molecule has 2 unspecified atom stereocenters. The van der Waals surface area contributed by atoms with Crippen LogP contribution in [0.5, 0.6) is 0 Å². The fourth-order valence-electron chi connectivity index (χ4n) is 2.80. The number of benzene rings is 2. The Balaban J connectivity index is 1.51. The smallest absolute Gasteiger partial charge is 0.251 e. The van der Waals surface area contributed by atoms with Crippen LogP contribution in [0.15, 0.2) is 54.6 Å². The molecule has 6 heteroatoms. The lowest BCUT2D eigenvalue weighted by molar-refractivity contribution is -0.123. The van der Waals surface area contributed by atoms with Crippen LogP contribution in [0.25, 0.3) is 0 Å². The lowest BCUT2D eigenvalue weighted by Crippen LogP contribution is -2.45. The molecule has 0 aromatic heterocycles. The second-order valence-corrected chi connectivity index (χ2v) is 7.18. The number of anilines is 1. The molecule has 2 aromatic rings. The molecule has 1 aliphatic carbocycles. The van der Waals surface area contributed by atoms with Gasteiger partial charge in [0.1, 0.15) is 6.04 Å². The van der Waals surface area contributed by atoms with E-state index in [0.717, 1.165) is 24.1 Å². The number of carbonyl (C=O) groups is 3. The molecule has 0 radical (unpaired) electrons. The van der Waals surface area contributed by atoms with Crippen LogP contribution in [0.3, 0.4) is 0 Å². The van der Waals surface area contributed by atoms with Gasteiger partial charge in [-0.25, -0.2) is 0 Å². The monoisotopic (exact) mass is 379 g/mol. The zero-order chi connectivity index (χ0) is 20.1. The Bertz CT molecular complexity index is 845. The molecule has 6 nitrogen and oxygen atoms in total. The summed E-state index contributed by atoms with van der Waals surface area (Å²) in [5.74, 6) is -0.322. The third-order valence-corrected chi connectivity index (χ3v) is 4.76. The fourth-order valence-corrected chi connectivity index (χ4v) is 2.80. The number of hydrogen-bond donors (Lipinski definition) is 3. The number of nitrogens with one attached hydrogen (secondary N) is 3. The van der Waals surface area contributed by atoms with Crippen LogP contribution in [-0.2, 0) is 9.59 Å². The van der Waals surface area contributed by atoms with Crippen molar-refractivity contribution in [3.05, 3.63) is 65.7 Å². The SMILES string of the molecule is CC(NC(=O)c1ccccc1)C(=O)NC(C)c1ccc(NC(=O)C2CC2)cc1. The Morgan fingerprint density at radius 1 is 0.893 bits per heavy atom. The molecule has 2 aromatic carbocycles. The van der Waals surface area contributed by atoms with E-state index < -0.39 is 6.04 Å². The van der Waals surface area contributed by atoms with Gasteiger partial charge in [0, 0.05) is 17.2 Å². The van der Waals surface area contributed by atoms with Crippen molar-refractivity contribution in [1.29, 1.82) is 0 Å². The second kappa shape index (κ2) is 8.69. The van der Waals surface area contributed by atoms with Crippen molar-refractivity contribution in [1.82, 2.24) is 10.6 Å². The van der Waals surface area contributed by atoms with Gasteiger partial charge in [-0.05, 0) is 56.5 Å². The maximum Gasteiger partial charge on any atom is 0.251 e. The van der Waals surface area contributed by atoms with Crippen LogP contribution in [0.4, 0.5) is 5.69 Å². The molecule has 28 heavy (non-hydrogen) atoms. The minimum Gasteiger partial charge on any atom is -0.348 e. The van der Waals surface area contributed by atoms with Crippen molar-refractivity contribution >= 4 is 23.4 Å². The molecule has 1 saturated carbocycles. The molecule has 1 aliphatic rings. The third kappa shape index (κ3) is 5.19. The highest BCUT2D eigenvalue weighted by Gasteiger charge is 2.29. The van der Waals surface area contributed by atoms with Gasteiger partial charge < -0.3 is 16.0 Å². The minimum atomic E-state index is -0.660. The molecule has 1 fully saturated rings. The van der Waals surface area contributed by atoms with Crippen LogP contribution in [0.2, 0.25) is 0 Å². The third-order valence-electron chi connectivity index (χ3n) is 4.76. The summed E-state index contributed by atoms with van der Waals surface area (Å²) in [4.78, 5) is 36.4. The van der Waals surface area contributed by atoms with Gasteiger partial charge in [0.2, 0.25) is 11.8 Å². The Kier molecular flexibility index (Phi) is 6.09. The molecule has 0 aliphatic heterocycles.